The van der Waals surface area contributed by atoms with E-state index in [2.05, 4.69) is 61.5 Å². The predicted molar refractivity (Wildman–Crippen MR) is 199 cm³/mol. The van der Waals surface area contributed by atoms with Gasteiger partial charge in [0.05, 0.1) is 37.1 Å². The zero-order valence-corrected chi connectivity index (χ0v) is 34.1. The Bertz CT molecular complexity index is 1420. The Morgan fingerprint density at radius 3 is 1.84 bits per heavy atom. The summed E-state index contributed by atoms with van der Waals surface area (Å²) >= 11 is 0. The van der Waals surface area contributed by atoms with Crippen molar-refractivity contribution in [3.63, 3.8) is 0 Å². The lowest BCUT2D eigenvalue weighted by molar-refractivity contribution is -0.355. The lowest BCUT2D eigenvalue weighted by Gasteiger charge is -2.72. The summed E-state index contributed by atoms with van der Waals surface area (Å²) in [6.07, 6.45) is -4.90. The van der Waals surface area contributed by atoms with E-state index >= 15 is 0 Å². The second kappa shape index (κ2) is 14.7. The summed E-state index contributed by atoms with van der Waals surface area (Å²) in [5.74, 6) is 0.866. The quantitative estimate of drug-likeness (QED) is 0.138. The minimum Gasteiger partial charge on any atom is -0.394 e. The van der Waals surface area contributed by atoms with E-state index in [-0.39, 0.29) is 57.7 Å². The van der Waals surface area contributed by atoms with Crippen LogP contribution in [0.3, 0.4) is 0 Å². The summed E-state index contributed by atoms with van der Waals surface area (Å²) in [6, 6.07) is 0. The summed E-state index contributed by atoms with van der Waals surface area (Å²) in [6.45, 7) is 17.1. The van der Waals surface area contributed by atoms with Crippen LogP contribution in [0.15, 0.2) is 11.6 Å². The molecule has 0 aromatic rings. The molecule has 7 rings (SSSR count). The van der Waals surface area contributed by atoms with E-state index in [1.54, 1.807) is 0 Å². The standard InChI is InChI=1S/C42H70O13/c1-20(2)15-21-16-23(52-36-34(49)32(47)30(45)25(18-43)53-36)22-9-11-41(7)29(22)24(51-21)17-28-39(5)13-14-42(8,38(3,4)27(39)10-12-40(28,41)6)55-37-35(50)33(48)31(46)26(19-44)54-37/h15,21-37,43-50H,9-14,16-19H2,1-8H3/t21?,22?,23?,24?,25-,26-,27?,28?,29?,30-,31-,32+,33+,34-,35-,36-,37+,39+,40-,41?,42+/m1/s1. The number of rotatable bonds is 7. The molecule has 3 aliphatic heterocycles. The van der Waals surface area contributed by atoms with Crippen LogP contribution in [0.2, 0.25) is 0 Å². The van der Waals surface area contributed by atoms with Crippen molar-refractivity contribution in [2.45, 2.75) is 192 Å². The van der Waals surface area contributed by atoms with E-state index in [4.69, 9.17) is 23.7 Å². The minimum atomic E-state index is -1.51. The van der Waals surface area contributed by atoms with Crippen LogP contribution in [-0.2, 0) is 23.7 Å². The van der Waals surface area contributed by atoms with Gasteiger partial charge in [0.25, 0.3) is 0 Å². The van der Waals surface area contributed by atoms with Crippen molar-refractivity contribution in [2.75, 3.05) is 13.2 Å². The van der Waals surface area contributed by atoms with Crippen LogP contribution >= 0.6 is 0 Å². The minimum absolute atomic E-state index is 0.0243. The van der Waals surface area contributed by atoms with Gasteiger partial charge in [-0.05, 0) is 111 Å². The van der Waals surface area contributed by atoms with Crippen molar-refractivity contribution in [3.05, 3.63) is 11.6 Å². The van der Waals surface area contributed by atoms with Gasteiger partial charge in [-0.3, -0.25) is 0 Å². The summed E-state index contributed by atoms with van der Waals surface area (Å²) in [5.41, 5.74) is -0.175. The van der Waals surface area contributed by atoms with E-state index in [0.29, 0.717) is 18.8 Å². The molecular formula is C42H70O13. The van der Waals surface area contributed by atoms with Crippen molar-refractivity contribution in [1.29, 1.82) is 0 Å². The topological polar surface area (TPSA) is 208 Å². The second-order valence-electron chi connectivity index (χ2n) is 20.3. The molecule has 0 aromatic heterocycles. The van der Waals surface area contributed by atoms with Crippen LogP contribution in [0.25, 0.3) is 0 Å². The molecule has 13 heteroatoms. The molecule has 7 fully saturated rings. The highest BCUT2D eigenvalue weighted by molar-refractivity contribution is 5.22. The molecule has 55 heavy (non-hydrogen) atoms. The molecule has 0 radical (unpaired) electrons. The average Bonchev–Trinajstić information content (AvgIpc) is 3.42. The SMILES string of the molecule is CC(C)=CC1CC(O[C@@H]2O[C@H](CO)[C@@H](O)[C@H](O)[C@H]2O)C2CCC3(C)C2C(CC2[C@@]4(C)CC[C@](C)(O[C@@H]5O[C@H](CO)[C@@H](O)[C@H](O)[C@H]5O)C(C)(C)C4CC[C@]23C)O1. The smallest absolute Gasteiger partial charge is 0.187 e. The average molecular weight is 783 g/mol. The Morgan fingerprint density at radius 2 is 1.24 bits per heavy atom. The molecule has 21 atom stereocenters. The van der Waals surface area contributed by atoms with E-state index in [9.17, 15) is 40.9 Å². The lowest BCUT2D eigenvalue weighted by Crippen LogP contribution is -2.69. The van der Waals surface area contributed by atoms with Crippen molar-refractivity contribution in [1.82, 2.24) is 0 Å². The monoisotopic (exact) mass is 782 g/mol. The summed E-state index contributed by atoms with van der Waals surface area (Å²) < 4.78 is 32.4. The molecule has 8 unspecified atom stereocenters. The highest BCUT2D eigenvalue weighted by atomic mass is 16.7. The van der Waals surface area contributed by atoms with E-state index < -0.39 is 80.2 Å². The first-order valence-electron chi connectivity index (χ1n) is 20.9. The van der Waals surface area contributed by atoms with Gasteiger partial charge >= 0.3 is 0 Å². The van der Waals surface area contributed by atoms with Crippen molar-refractivity contribution in [2.24, 2.45) is 45.3 Å². The highest BCUT2D eigenvalue weighted by Gasteiger charge is 2.73. The molecule has 0 spiro atoms. The molecule has 7 aliphatic rings. The number of fused-ring (bicyclic) bond motifs is 4. The Hall–Kier alpha value is -0.780. The van der Waals surface area contributed by atoms with Crippen molar-refractivity contribution in [3.8, 4) is 0 Å². The first-order valence-corrected chi connectivity index (χ1v) is 20.9. The zero-order chi connectivity index (χ0) is 40.2. The molecule has 0 bridgehead atoms. The Morgan fingerprint density at radius 1 is 0.655 bits per heavy atom. The van der Waals surface area contributed by atoms with E-state index in [1.165, 1.54) is 0 Å². The van der Waals surface area contributed by atoms with Gasteiger partial charge in [-0.2, -0.15) is 0 Å². The number of aliphatic hydroxyl groups excluding tert-OH is 8. The number of ether oxygens (including phenoxy) is 5. The number of hydrogen-bond donors (Lipinski definition) is 8. The fourth-order valence-electron chi connectivity index (χ4n) is 13.7. The van der Waals surface area contributed by atoms with Gasteiger partial charge in [-0.15, -0.1) is 0 Å². The van der Waals surface area contributed by atoms with Crippen LogP contribution in [0, 0.1) is 45.3 Å². The van der Waals surface area contributed by atoms with Crippen LogP contribution in [0.1, 0.15) is 107 Å². The first-order chi connectivity index (χ1) is 25.7. The van der Waals surface area contributed by atoms with E-state index in [1.807, 2.05) is 0 Å². The molecule has 4 aliphatic carbocycles. The third kappa shape index (κ3) is 6.44. The lowest BCUT2D eigenvalue weighted by atomic mass is 9.34. The zero-order valence-electron chi connectivity index (χ0n) is 34.1. The van der Waals surface area contributed by atoms with Crippen LogP contribution in [-0.4, -0.2) is 139 Å². The number of allylic oxidation sites excluding steroid dienone is 1. The van der Waals surface area contributed by atoms with Crippen molar-refractivity contribution < 1.29 is 64.5 Å². The van der Waals surface area contributed by atoms with Gasteiger partial charge in [-0.1, -0.05) is 46.3 Å². The highest BCUT2D eigenvalue weighted by Crippen LogP contribution is 2.77. The maximum atomic E-state index is 11.0. The Balaban J connectivity index is 1.18. The summed E-state index contributed by atoms with van der Waals surface area (Å²) in [4.78, 5) is 0. The fraction of sp³-hybridized carbons (Fsp3) is 0.952. The Labute approximate surface area is 326 Å². The molecule has 4 saturated carbocycles. The van der Waals surface area contributed by atoms with Gasteiger partial charge in [0, 0.05) is 6.42 Å². The molecule has 8 N–H and O–H groups in total. The molecule has 3 heterocycles. The van der Waals surface area contributed by atoms with Gasteiger partial charge in [-0.25, -0.2) is 0 Å². The summed E-state index contributed by atoms with van der Waals surface area (Å²) in [7, 11) is 0. The third-order valence-electron chi connectivity index (χ3n) is 17.2. The van der Waals surface area contributed by atoms with Crippen LogP contribution in [0.5, 0.6) is 0 Å². The first kappa shape index (κ1) is 42.3. The predicted octanol–water partition coefficient (Wildman–Crippen LogP) is 2.17. The molecular weight excluding hydrogens is 712 g/mol. The van der Waals surface area contributed by atoms with E-state index in [0.717, 1.165) is 44.1 Å². The molecule has 316 valence electrons. The normalized spacial score (nSPS) is 56.1. The maximum absolute atomic E-state index is 11.0. The third-order valence-corrected chi connectivity index (χ3v) is 17.2. The van der Waals surface area contributed by atoms with Gasteiger partial charge < -0.3 is 64.5 Å². The van der Waals surface area contributed by atoms with Crippen molar-refractivity contribution >= 4 is 0 Å². The molecule has 0 aromatic carbocycles. The van der Waals surface area contributed by atoms with Crippen LogP contribution < -0.4 is 0 Å². The van der Waals surface area contributed by atoms with Gasteiger partial charge in [0.2, 0.25) is 0 Å². The Kier molecular flexibility index (Phi) is 11.4. The second-order valence-corrected chi connectivity index (χ2v) is 20.3. The number of hydrogen-bond acceptors (Lipinski definition) is 13. The largest absolute Gasteiger partial charge is 0.394 e. The van der Waals surface area contributed by atoms with Gasteiger partial charge in [0.1, 0.15) is 48.8 Å². The molecule has 0 amide bonds. The fourth-order valence-corrected chi connectivity index (χ4v) is 13.7. The van der Waals surface area contributed by atoms with Crippen LogP contribution in [0.4, 0.5) is 0 Å². The number of aliphatic hydroxyl groups is 8. The molecule has 13 nitrogen and oxygen atoms in total. The maximum Gasteiger partial charge on any atom is 0.187 e. The summed E-state index contributed by atoms with van der Waals surface area (Å²) in [5, 5.41) is 83.7. The van der Waals surface area contributed by atoms with Gasteiger partial charge in [0.15, 0.2) is 12.6 Å². The molecule has 3 saturated heterocycles.